The fraction of sp³-hybridized carbons (Fsp3) is 0.154. The van der Waals surface area contributed by atoms with Gasteiger partial charge in [-0.05, 0) is 61.0 Å². The topological polar surface area (TPSA) is 69.2 Å². The van der Waals surface area contributed by atoms with Gasteiger partial charge in [0.2, 0.25) is 0 Å². The van der Waals surface area contributed by atoms with Gasteiger partial charge in [-0.25, -0.2) is 9.82 Å². The molecule has 0 spiro atoms. The number of nitrogens with zero attached hydrogens (tertiary/aromatic N) is 1. The minimum Gasteiger partial charge on any atom is -0.490 e. The minimum atomic E-state index is -0.382. The third-order valence-corrected chi connectivity index (χ3v) is 4.47. The Morgan fingerprint density at radius 2 is 1.82 bits per heavy atom. The highest BCUT2D eigenvalue weighted by molar-refractivity contribution is 5.95. The number of ether oxygens (including phenoxy) is 3. The number of hydrogen-bond donors (Lipinski definition) is 1. The van der Waals surface area contributed by atoms with Crippen LogP contribution in [0.15, 0.2) is 84.5 Å². The summed E-state index contributed by atoms with van der Waals surface area (Å²) < 4.78 is 30.4. The minimum absolute atomic E-state index is 0.136. The molecule has 0 saturated carbocycles. The van der Waals surface area contributed by atoms with Crippen molar-refractivity contribution < 1.29 is 23.4 Å². The number of carbonyl (C=O) groups excluding carboxylic acids is 1. The highest BCUT2D eigenvalue weighted by Crippen LogP contribution is 2.28. The molecule has 3 rings (SSSR count). The third kappa shape index (κ3) is 6.93. The summed E-state index contributed by atoms with van der Waals surface area (Å²) in [5, 5.41) is 4.00. The van der Waals surface area contributed by atoms with E-state index < -0.39 is 0 Å². The summed E-state index contributed by atoms with van der Waals surface area (Å²) in [6, 6.07) is 18.5. The quantitative estimate of drug-likeness (QED) is 0.251. The van der Waals surface area contributed by atoms with E-state index >= 15 is 0 Å². The maximum absolute atomic E-state index is 13.7. The van der Waals surface area contributed by atoms with Crippen LogP contribution in [0.5, 0.6) is 17.2 Å². The Morgan fingerprint density at radius 1 is 1.03 bits per heavy atom. The second-order valence-electron chi connectivity index (χ2n) is 6.84. The average Bonchev–Trinajstić information content (AvgIpc) is 2.83. The van der Waals surface area contributed by atoms with Crippen molar-refractivity contribution in [3.8, 4) is 17.2 Å². The Kier molecular flexibility index (Phi) is 8.59. The Hall–Kier alpha value is -4.13. The second-order valence-corrected chi connectivity index (χ2v) is 6.84. The van der Waals surface area contributed by atoms with Crippen molar-refractivity contribution in [2.45, 2.75) is 13.5 Å². The van der Waals surface area contributed by atoms with Crippen LogP contribution in [0.1, 0.15) is 28.4 Å². The van der Waals surface area contributed by atoms with Crippen LogP contribution in [0.4, 0.5) is 4.39 Å². The molecule has 0 aliphatic heterocycles. The molecule has 3 aromatic carbocycles. The second kappa shape index (κ2) is 12.0. The van der Waals surface area contributed by atoms with Crippen molar-refractivity contribution in [3.63, 3.8) is 0 Å². The zero-order chi connectivity index (χ0) is 23.5. The first-order chi connectivity index (χ1) is 16.1. The van der Waals surface area contributed by atoms with Gasteiger partial charge in [-0.3, -0.25) is 4.79 Å². The predicted octanol–water partition coefficient (Wildman–Crippen LogP) is 5.13. The molecule has 0 fully saturated rings. The molecule has 0 heterocycles. The van der Waals surface area contributed by atoms with E-state index in [2.05, 4.69) is 17.1 Å². The van der Waals surface area contributed by atoms with Crippen molar-refractivity contribution in [2.24, 2.45) is 5.10 Å². The standard InChI is InChI=1S/C26H25FN2O4/c1-3-15-32-24-14-11-20(16-25(24)31-4-2)26(30)29-28-17-19-9-12-22(13-10-19)33-18-21-7-5-6-8-23(21)27/h3,5-14,16-17H,1,4,15,18H2,2H3,(H,29,30)/b28-17+. The van der Waals surface area contributed by atoms with Gasteiger partial charge in [0.15, 0.2) is 11.5 Å². The van der Waals surface area contributed by atoms with Crippen molar-refractivity contribution in [3.05, 3.63) is 102 Å². The summed E-state index contributed by atoms with van der Waals surface area (Å²) in [6.07, 6.45) is 3.15. The van der Waals surface area contributed by atoms with Crippen LogP contribution in [-0.2, 0) is 6.61 Å². The number of nitrogens with one attached hydrogen (secondary N) is 1. The van der Waals surface area contributed by atoms with E-state index in [1.807, 2.05) is 6.92 Å². The van der Waals surface area contributed by atoms with E-state index in [0.717, 1.165) is 5.56 Å². The van der Waals surface area contributed by atoms with E-state index in [9.17, 15) is 9.18 Å². The maximum Gasteiger partial charge on any atom is 0.271 e. The first-order valence-corrected chi connectivity index (χ1v) is 10.4. The largest absolute Gasteiger partial charge is 0.490 e. The van der Waals surface area contributed by atoms with Crippen molar-refractivity contribution in [1.29, 1.82) is 0 Å². The Bertz CT molecular complexity index is 1110. The van der Waals surface area contributed by atoms with Gasteiger partial charge < -0.3 is 14.2 Å². The molecule has 1 N–H and O–H groups in total. The lowest BCUT2D eigenvalue weighted by molar-refractivity contribution is 0.0954. The number of amides is 1. The highest BCUT2D eigenvalue weighted by atomic mass is 19.1. The molecule has 170 valence electrons. The van der Waals surface area contributed by atoms with E-state index in [4.69, 9.17) is 14.2 Å². The monoisotopic (exact) mass is 448 g/mol. The van der Waals surface area contributed by atoms with Crippen LogP contribution in [0.3, 0.4) is 0 Å². The van der Waals surface area contributed by atoms with Crippen molar-refractivity contribution in [1.82, 2.24) is 5.43 Å². The van der Waals surface area contributed by atoms with E-state index in [-0.39, 0.29) is 18.3 Å². The molecule has 0 saturated heterocycles. The molecule has 0 atom stereocenters. The van der Waals surface area contributed by atoms with Crippen LogP contribution < -0.4 is 19.6 Å². The van der Waals surface area contributed by atoms with Crippen molar-refractivity contribution in [2.75, 3.05) is 13.2 Å². The Morgan fingerprint density at radius 3 is 2.55 bits per heavy atom. The Labute approximate surface area is 192 Å². The number of benzene rings is 3. The summed E-state index contributed by atoms with van der Waals surface area (Å²) >= 11 is 0. The van der Waals surface area contributed by atoms with E-state index in [0.29, 0.717) is 41.6 Å². The third-order valence-electron chi connectivity index (χ3n) is 4.47. The molecule has 0 radical (unpaired) electrons. The highest BCUT2D eigenvalue weighted by Gasteiger charge is 2.11. The number of hydrogen-bond acceptors (Lipinski definition) is 5. The molecular formula is C26H25FN2O4. The van der Waals surface area contributed by atoms with E-state index in [1.165, 1.54) is 12.3 Å². The number of hydrazone groups is 1. The van der Waals surface area contributed by atoms with Crippen LogP contribution >= 0.6 is 0 Å². The number of halogens is 1. The van der Waals surface area contributed by atoms with Crippen LogP contribution in [0.2, 0.25) is 0 Å². The lowest BCUT2D eigenvalue weighted by atomic mass is 10.2. The van der Waals surface area contributed by atoms with Gasteiger partial charge >= 0.3 is 0 Å². The molecule has 6 nitrogen and oxygen atoms in total. The van der Waals surface area contributed by atoms with Crippen LogP contribution in [0, 0.1) is 5.82 Å². The van der Waals surface area contributed by atoms with Crippen molar-refractivity contribution >= 4 is 12.1 Å². The first-order valence-electron chi connectivity index (χ1n) is 10.4. The van der Waals surface area contributed by atoms with Gasteiger partial charge in [-0.15, -0.1) is 0 Å². The molecule has 0 aromatic heterocycles. The predicted molar refractivity (Wildman–Crippen MR) is 126 cm³/mol. The van der Waals surface area contributed by atoms with Gasteiger partial charge in [0.25, 0.3) is 5.91 Å². The number of rotatable bonds is 11. The molecule has 0 aliphatic rings. The molecular weight excluding hydrogens is 423 g/mol. The normalized spacial score (nSPS) is 10.6. The maximum atomic E-state index is 13.7. The van der Waals surface area contributed by atoms with E-state index in [1.54, 1.807) is 66.7 Å². The molecule has 1 amide bonds. The molecule has 3 aromatic rings. The SMILES string of the molecule is C=CCOc1ccc(C(=O)N/N=C/c2ccc(OCc3ccccc3F)cc2)cc1OCC. The molecule has 33 heavy (non-hydrogen) atoms. The van der Waals surface area contributed by atoms with Crippen LogP contribution in [0.25, 0.3) is 0 Å². The van der Waals surface area contributed by atoms with Gasteiger partial charge in [-0.1, -0.05) is 30.9 Å². The summed E-state index contributed by atoms with van der Waals surface area (Å²) in [4.78, 5) is 12.4. The molecule has 0 unspecified atom stereocenters. The summed E-state index contributed by atoms with van der Waals surface area (Å²) in [5.41, 5.74) is 4.13. The summed E-state index contributed by atoms with van der Waals surface area (Å²) in [7, 11) is 0. The fourth-order valence-corrected chi connectivity index (χ4v) is 2.84. The van der Waals surface area contributed by atoms with Gasteiger partial charge in [0.05, 0.1) is 12.8 Å². The van der Waals surface area contributed by atoms with Gasteiger partial charge in [0, 0.05) is 11.1 Å². The lowest BCUT2D eigenvalue weighted by Crippen LogP contribution is -2.17. The number of carbonyl (C=O) groups is 1. The van der Waals surface area contributed by atoms with Gasteiger partial charge in [0.1, 0.15) is 24.8 Å². The fourth-order valence-electron chi connectivity index (χ4n) is 2.84. The summed E-state index contributed by atoms with van der Waals surface area (Å²) in [5.74, 6) is 0.925. The average molecular weight is 448 g/mol. The van der Waals surface area contributed by atoms with Gasteiger partial charge in [-0.2, -0.15) is 5.10 Å². The molecule has 7 heteroatoms. The molecule has 0 aliphatic carbocycles. The summed E-state index contributed by atoms with van der Waals surface area (Å²) in [6.45, 7) is 6.38. The smallest absolute Gasteiger partial charge is 0.271 e. The van der Waals surface area contributed by atoms with Crippen LogP contribution in [-0.4, -0.2) is 25.3 Å². The lowest BCUT2D eigenvalue weighted by Gasteiger charge is -2.12. The zero-order valence-electron chi connectivity index (χ0n) is 18.3. The first kappa shape index (κ1) is 23.5. The molecule has 0 bridgehead atoms. The zero-order valence-corrected chi connectivity index (χ0v) is 18.3. The Balaban J connectivity index is 1.56.